The van der Waals surface area contributed by atoms with Crippen LogP contribution in [-0.2, 0) is 4.79 Å². The van der Waals surface area contributed by atoms with Gasteiger partial charge in [-0.15, -0.1) is 0 Å². The zero-order valence-electron chi connectivity index (χ0n) is 11.9. The quantitative estimate of drug-likeness (QED) is 0.610. The Kier molecular flexibility index (Phi) is 5.80. The number of H-pyrrole nitrogens is 1. The third-order valence-electron chi connectivity index (χ3n) is 2.90. The van der Waals surface area contributed by atoms with Crippen molar-refractivity contribution in [2.75, 3.05) is 12.3 Å². The molecule has 0 saturated carbocycles. The van der Waals surface area contributed by atoms with E-state index in [4.69, 9.17) is 0 Å². The molecule has 0 aliphatic rings. The highest BCUT2D eigenvalue weighted by Gasteiger charge is 2.07. The van der Waals surface area contributed by atoms with Gasteiger partial charge in [-0.25, -0.2) is 9.37 Å². The minimum atomic E-state index is -0.267. The Morgan fingerprint density at radius 3 is 2.86 bits per heavy atom. The highest BCUT2D eigenvalue weighted by Crippen LogP contribution is 2.21. The fourth-order valence-corrected chi connectivity index (χ4v) is 2.42. The Morgan fingerprint density at radius 1 is 1.38 bits per heavy atom. The lowest BCUT2D eigenvalue weighted by Crippen LogP contribution is -2.26. The summed E-state index contributed by atoms with van der Waals surface area (Å²) in [6, 6.07) is 6.19. The van der Waals surface area contributed by atoms with E-state index in [1.807, 2.05) is 0 Å². The Labute approximate surface area is 127 Å². The van der Waals surface area contributed by atoms with Crippen LogP contribution in [0.25, 0.3) is 11.3 Å². The van der Waals surface area contributed by atoms with Gasteiger partial charge in [0.25, 0.3) is 0 Å². The number of imidazole rings is 1. The Bertz CT molecular complexity index is 583. The summed E-state index contributed by atoms with van der Waals surface area (Å²) in [5.41, 5.74) is 1.67. The smallest absolute Gasteiger partial charge is 0.230 e. The molecular formula is C15H18FN3OS. The van der Waals surface area contributed by atoms with Crippen molar-refractivity contribution in [2.24, 2.45) is 0 Å². The maximum Gasteiger partial charge on any atom is 0.230 e. The molecule has 0 spiro atoms. The van der Waals surface area contributed by atoms with E-state index in [1.165, 1.54) is 23.9 Å². The monoisotopic (exact) mass is 307 g/mol. The van der Waals surface area contributed by atoms with Crippen LogP contribution < -0.4 is 5.32 Å². The summed E-state index contributed by atoms with van der Waals surface area (Å²) in [7, 11) is 0. The van der Waals surface area contributed by atoms with Crippen LogP contribution in [0.3, 0.4) is 0 Å². The molecule has 1 aromatic heterocycles. The average molecular weight is 307 g/mol. The second-order valence-electron chi connectivity index (χ2n) is 4.60. The number of rotatable bonds is 7. The summed E-state index contributed by atoms with van der Waals surface area (Å²) in [6.07, 6.45) is 3.74. The van der Waals surface area contributed by atoms with Gasteiger partial charge in [-0.1, -0.05) is 25.1 Å². The molecule has 0 radical (unpaired) electrons. The van der Waals surface area contributed by atoms with Gasteiger partial charge in [-0.3, -0.25) is 4.79 Å². The number of thioether (sulfide) groups is 1. The molecule has 21 heavy (non-hydrogen) atoms. The lowest BCUT2D eigenvalue weighted by molar-refractivity contribution is -0.118. The van der Waals surface area contributed by atoms with Gasteiger partial charge < -0.3 is 10.3 Å². The Morgan fingerprint density at radius 2 is 2.14 bits per heavy atom. The molecule has 0 fully saturated rings. The van der Waals surface area contributed by atoms with Crippen LogP contribution in [-0.4, -0.2) is 28.2 Å². The summed E-state index contributed by atoms with van der Waals surface area (Å²) in [4.78, 5) is 18.9. The van der Waals surface area contributed by atoms with E-state index >= 15 is 0 Å². The van der Waals surface area contributed by atoms with Gasteiger partial charge in [-0.2, -0.15) is 0 Å². The third-order valence-corrected chi connectivity index (χ3v) is 3.79. The van der Waals surface area contributed by atoms with Crippen LogP contribution in [0.2, 0.25) is 0 Å². The molecule has 0 aliphatic heterocycles. The number of nitrogens with one attached hydrogen (secondary N) is 2. The number of amides is 1. The molecule has 1 aromatic carbocycles. The van der Waals surface area contributed by atoms with E-state index in [2.05, 4.69) is 22.2 Å². The highest BCUT2D eigenvalue weighted by molar-refractivity contribution is 7.99. The first-order valence-corrected chi connectivity index (χ1v) is 7.88. The number of unbranched alkanes of at least 4 members (excludes halogenated alkanes) is 1. The molecule has 0 saturated heterocycles. The molecule has 2 aromatic rings. The first kappa shape index (κ1) is 15.6. The zero-order chi connectivity index (χ0) is 15.1. The average Bonchev–Trinajstić information content (AvgIpc) is 2.95. The second-order valence-corrected chi connectivity index (χ2v) is 5.57. The fraction of sp³-hybridized carbons (Fsp3) is 0.333. The van der Waals surface area contributed by atoms with Gasteiger partial charge in [0, 0.05) is 6.54 Å². The summed E-state index contributed by atoms with van der Waals surface area (Å²) in [5, 5.41) is 3.54. The number of halogens is 1. The van der Waals surface area contributed by atoms with Gasteiger partial charge in [0.05, 0.1) is 17.6 Å². The summed E-state index contributed by atoms with van der Waals surface area (Å²) < 4.78 is 12.9. The van der Waals surface area contributed by atoms with Gasteiger partial charge in [0.1, 0.15) is 5.82 Å². The van der Waals surface area contributed by atoms with E-state index < -0.39 is 0 Å². The standard InChI is InChI=1S/C15H18FN3OS/c1-2-3-8-17-14(20)10-21-15-18-9-13(19-15)11-4-6-12(16)7-5-11/h4-7,9H,2-3,8,10H2,1H3,(H,17,20)(H,18,19). The van der Waals surface area contributed by atoms with Crippen molar-refractivity contribution < 1.29 is 9.18 Å². The van der Waals surface area contributed by atoms with Crippen molar-refractivity contribution in [3.05, 3.63) is 36.3 Å². The van der Waals surface area contributed by atoms with E-state index in [0.717, 1.165) is 30.6 Å². The molecule has 0 bridgehead atoms. The molecule has 6 heteroatoms. The number of benzene rings is 1. The molecule has 2 rings (SSSR count). The number of hydrogen-bond acceptors (Lipinski definition) is 3. The highest BCUT2D eigenvalue weighted by atomic mass is 32.2. The van der Waals surface area contributed by atoms with E-state index in [-0.39, 0.29) is 11.7 Å². The number of carbonyl (C=O) groups excluding carboxylic acids is 1. The van der Waals surface area contributed by atoms with Crippen molar-refractivity contribution in [1.82, 2.24) is 15.3 Å². The molecule has 1 heterocycles. The number of carbonyl (C=O) groups is 1. The van der Waals surface area contributed by atoms with Crippen LogP contribution >= 0.6 is 11.8 Å². The maximum atomic E-state index is 12.9. The Hall–Kier alpha value is -1.82. The predicted molar refractivity (Wildman–Crippen MR) is 82.6 cm³/mol. The van der Waals surface area contributed by atoms with Crippen LogP contribution in [0.4, 0.5) is 4.39 Å². The predicted octanol–water partition coefficient (Wildman–Crippen LogP) is 3.22. The number of aromatic amines is 1. The Balaban J connectivity index is 1.86. The van der Waals surface area contributed by atoms with Crippen LogP contribution in [0.1, 0.15) is 19.8 Å². The molecule has 0 unspecified atom stereocenters. The van der Waals surface area contributed by atoms with Crippen LogP contribution in [0.5, 0.6) is 0 Å². The maximum absolute atomic E-state index is 12.9. The van der Waals surface area contributed by atoms with Crippen molar-refractivity contribution in [1.29, 1.82) is 0 Å². The molecule has 0 atom stereocenters. The lowest BCUT2D eigenvalue weighted by Gasteiger charge is -2.02. The zero-order valence-corrected chi connectivity index (χ0v) is 12.7. The summed E-state index contributed by atoms with van der Waals surface area (Å²) in [5.74, 6) is 0.0740. The minimum absolute atomic E-state index is 0.00758. The van der Waals surface area contributed by atoms with Gasteiger partial charge >= 0.3 is 0 Å². The molecule has 112 valence electrons. The minimum Gasteiger partial charge on any atom is -0.355 e. The normalized spacial score (nSPS) is 10.6. The van der Waals surface area contributed by atoms with Crippen molar-refractivity contribution in [2.45, 2.75) is 24.9 Å². The third kappa shape index (κ3) is 4.90. The number of hydrogen-bond donors (Lipinski definition) is 2. The molecule has 0 aliphatic carbocycles. The summed E-state index contributed by atoms with van der Waals surface area (Å²) >= 11 is 1.35. The second kappa shape index (κ2) is 7.83. The largest absolute Gasteiger partial charge is 0.355 e. The first-order chi connectivity index (χ1) is 10.2. The van der Waals surface area contributed by atoms with Crippen LogP contribution in [0.15, 0.2) is 35.6 Å². The number of nitrogens with zero attached hydrogens (tertiary/aromatic N) is 1. The molecule has 2 N–H and O–H groups in total. The van der Waals surface area contributed by atoms with Crippen molar-refractivity contribution >= 4 is 17.7 Å². The lowest BCUT2D eigenvalue weighted by atomic mass is 10.2. The molecule has 4 nitrogen and oxygen atoms in total. The van der Waals surface area contributed by atoms with Crippen LogP contribution in [0, 0.1) is 5.82 Å². The molecule has 1 amide bonds. The van der Waals surface area contributed by atoms with Gasteiger partial charge in [0.15, 0.2) is 5.16 Å². The van der Waals surface area contributed by atoms with E-state index in [0.29, 0.717) is 10.9 Å². The SMILES string of the molecule is CCCCNC(=O)CSc1ncc(-c2ccc(F)cc2)[nH]1. The summed E-state index contributed by atoms with van der Waals surface area (Å²) in [6.45, 7) is 2.80. The van der Waals surface area contributed by atoms with E-state index in [1.54, 1.807) is 18.3 Å². The fourth-order valence-electron chi connectivity index (χ4n) is 1.74. The molecular weight excluding hydrogens is 289 g/mol. The van der Waals surface area contributed by atoms with Gasteiger partial charge in [0.2, 0.25) is 5.91 Å². The van der Waals surface area contributed by atoms with Crippen molar-refractivity contribution in [3.8, 4) is 11.3 Å². The van der Waals surface area contributed by atoms with Gasteiger partial charge in [-0.05, 0) is 36.2 Å². The van der Waals surface area contributed by atoms with Crippen molar-refractivity contribution in [3.63, 3.8) is 0 Å². The number of aromatic nitrogens is 2. The first-order valence-electron chi connectivity index (χ1n) is 6.89. The topological polar surface area (TPSA) is 57.8 Å². The van der Waals surface area contributed by atoms with E-state index in [9.17, 15) is 9.18 Å².